The van der Waals surface area contributed by atoms with Gasteiger partial charge in [-0.3, -0.25) is 9.59 Å². The Hall–Kier alpha value is -2.56. The summed E-state index contributed by atoms with van der Waals surface area (Å²) < 4.78 is 1.83. The fourth-order valence-corrected chi connectivity index (χ4v) is 3.09. The number of fused-ring (bicyclic) bond motifs is 3. The quantitative estimate of drug-likeness (QED) is 0.742. The lowest BCUT2D eigenvalue weighted by Gasteiger charge is -2.16. The van der Waals surface area contributed by atoms with E-state index in [2.05, 4.69) is 4.98 Å². The van der Waals surface area contributed by atoms with Gasteiger partial charge in [0.15, 0.2) is 0 Å². The van der Waals surface area contributed by atoms with Crippen molar-refractivity contribution in [2.75, 3.05) is 13.1 Å². The minimum Gasteiger partial charge on any atom is -0.339 e. The van der Waals surface area contributed by atoms with Crippen molar-refractivity contribution in [3.05, 3.63) is 52.4 Å². The molecule has 1 saturated heterocycles. The Kier molecular flexibility index (Phi) is 2.60. The van der Waals surface area contributed by atoms with Crippen LogP contribution >= 0.6 is 0 Å². The molecule has 0 saturated carbocycles. The summed E-state index contributed by atoms with van der Waals surface area (Å²) in [5.74, 6) is 0.000237. The van der Waals surface area contributed by atoms with Crippen LogP contribution in [-0.4, -0.2) is 33.3 Å². The van der Waals surface area contributed by atoms with Gasteiger partial charge in [0.05, 0.1) is 16.6 Å². The van der Waals surface area contributed by atoms with Gasteiger partial charge in [-0.05, 0) is 37.1 Å². The van der Waals surface area contributed by atoms with Gasteiger partial charge < -0.3 is 14.3 Å². The standard InChI is InChI=1S/C16H15N3O2/c20-15-13-7-4-10-19(13)12-6-3-5-11(14(12)17-15)16(21)18-8-1-2-9-18/h3-7,10H,1-2,8-9H2,(H,17,20). The SMILES string of the molecule is O=C(c1cccc2c1[nH]c(=O)c1cccn12)N1CCCC1. The number of carbonyl (C=O) groups is 1. The molecule has 0 atom stereocenters. The van der Waals surface area contributed by atoms with E-state index < -0.39 is 0 Å². The van der Waals surface area contributed by atoms with Crippen LogP contribution in [0.4, 0.5) is 0 Å². The van der Waals surface area contributed by atoms with E-state index in [4.69, 9.17) is 0 Å². The largest absolute Gasteiger partial charge is 0.339 e. The van der Waals surface area contributed by atoms with E-state index in [-0.39, 0.29) is 11.5 Å². The van der Waals surface area contributed by atoms with Crippen molar-refractivity contribution < 1.29 is 4.79 Å². The second kappa shape index (κ2) is 4.48. The first-order valence-corrected chi connectivity index (χ1v) is 7.17. The van der Waals surface area contributed by atoms with Crippen molar-refractivity contribution in [3.8, 4) is 0 Å². The van der Waals surface area contributed by atoms with Gasteiger partial charge in [0.2, 0.25) is 0 Å². The summed E-state index contributed by atoms with van der Waals surface area (Å²) in [6.07, 6.45) is 3.95. The number of hydrogen-bond acceptors (Lipinski definition) is 2. The van der Waals surface area contributed by atoms with Crippen molar-refractivity contribution in [2.45, 2.75) is 12.8 Å². The number of carbonyl (C=O) groups excluding carboxylic acids is 1. The molecule has 2 aromatic heterocycles. The van der Waals surface area contributed by atoms with Gasteiger partial charge in [-0.1, -0.05) is 6.07 Å². The van der Waals surface area contributed by atoms with Crippen LogP contribution in [0.5, 0.6) is 0 Å². The van der Waals surface area contributed by atoms with Crippen LogP contribution in [0.3, 0.4) is 0 Å². The third-order valence-corrected chi connectivity index (χ3v) is 4.15. The van der Waals surface area contributed by atoms with Crippen LogP contribution in [0.2, 0.25) is 0 Å². The number of nitrogens with one attached hydrogen (secondary N) is 1. The predicted octanol–water partition coefficient (Wildman–Crippen LogP) is 2.02. The summed E-state index contributed by atoms with van der Waals surface area (Å²) in [5.41, 5.74) is 2.45. The van der Waals surface area contributed by atoms with Crippen LogP contribution in [0.25, 0.3) is 16.6 Å². The zero-order valence-electron chi connectivity index (χ0n) is 11.5. The first-order chi connectivity index (χ1) is 10.3. The Morgan fingerprint density at radius 2 is 1.81 bits per heavy atom. The lowest BCUT2D eigenvalue weighted by molar-refractivity contribution is 0.0794. The van der Waals surface area contributed by atoms with Gasteiger partial charge >= 0.3 is 0 Å². The van der Waals surface area contributed by atoms with Gasteiger partial charge in [0.1, 0.15) is 5.52 Å². The number of benzene rings is 1. The molecule has 106 valence electrons. The lowest BCUT2D eigenvalue weighted by atomic mass is 10.1. The van der Waals surface area contributed by atoms with Crippen LogP contribution in [0, 0.1) is 0 Å². The summed E-state index contributed by atoms with van der Waals surface area (Å²) in [7, 11) is 0. The third-order valence-electron chi connectivity index (χ3n) is 4.15. The van der Waals surface area contributed by atoms with Gasteiger partial charge in [-0.15, -0.1) is 0 Å². The molecule has 3 heterocycles. The number of hydrogen-bond donors (Lipinski definition) is 1. The fraction of sp³-hybridized carbons (Fsp3) is 0.250. The molecule has 4 rings (SSSR count). The molecule has 1 aliphatic rings. The molecule has 1 aliphatic heterocycles. The highest BCUT2D eigenvalue weighted by Gasteiger charge is 2.22. The predicted molar refractivity (Wildman–Crippen MR) is 80.7 cm³/mol. The van der Waals surface area contributed by atoms with E-state index in [1.807, 2.05) is 33.7 Å². The number of likely N-dealkylation sites (tertiary alicyclic amines) is 1. The second-order valence-electron chi connectivity index (χ2n) is 5.42. The molecule has 0 bridgehead atoms. The number of rotatable bonds is 1. The minimum atomic E-state index is -0.172. The lowest BCUT2D eigenvalue weighted by Crippen LogP contribution is -2.28. The first kappa shape index (κ1) is 12.2. The van der Waals surface area contributed by atoms with Crippen molar-refractivity contribution in [3.63, 3.8) is 0 Å². The van der Waals surface area contributed by atoms with Gasteiger partial charge in [-0.25, -0.2) is 0 Å². The van der Waals surface area contributed by atoms with Crippen LogP contribution in [0.15, 0.2) is 41.3 Å². The molecule has 3 aromatic rings. The van der Waals surface area contributed by atoms with Crippen molar-refractivity contribution in [2.24, 2.45) is 0 Å². The smallest absolute Gasteiger partial charge is 0.272 e. The number of aromatic nitrogens is 2. The Morgan fingerprint density at radius 1 is 1.05 bits per heavy atom. The van der Waals surface area contributed by atoms with E-state index in [0.717, 1.165) is 31.4 Å². The van der Waals surface area contributed by atoms with Crippen LogP contribution in [-0.2, 0) is 0 Å². The highest BCUT2D eigenvalue weighted by Crippen LogP contribution is 2.20. The maximum absolute atomic E-state index is 12.6. The fourth-order valence-electron chi connectivity index (χ4n) is 3.09. The summed E-state index contributed by atoms with van der Waals surface area (Å²) in [6, 6.07) is 9.17. The zero-order valence-corrected chi connectivity index (χ0v) is 11.5. The number of para-hydroxylation sites is 1. The highest BCUT2D eigenvalue weighted by molar-refractivity contribution is 6.05. The topological polar surface area (TPSA) is 57.6 Å². The zero-order chi connectivity index (χ0) is 14.4. The number of H-pyrrole nitrogens is 1. The highest BCUT2D eigenvalue weighted by atomic mass is 16.2. The number of nitrogens with zero attached hydrogens (tertiary/aromatic N) is 2. The second-order valence-corrected chi connectivity index (χ2v) is 5.42. The molecule has 1 amide bonds. The molecule has 0 spiro atoms. The molecule has 0 radical (unpaired) electrons. The van der Waals surface area contributed by atoms with E-state index >= 15 is 0 Å². The van der Waals surface area contributed by atoms with E-state index in [1.165, 1.54) is 0 Å². The summed E-state index contributed by atoms with van der Waals surface area (Å²) in [6.45, 7) is 1.59. The van der Waals surface area contributed by atoms with Gasteiger partial charge in [0, 0.05) is 19.3 Å². The van der Waals surface area contributed by atoms with Crippen molar-refractivity contribution >= 4 is 22.5 Å². The van der Waals surface area contributed by atoms with E-state index in [1.54, 1.807) is 12.1 Å². The molecular formula is C16H15N3O2. The summed E-state index contributed by atoms with van der Waals surface area (Å²) in [5, 5.41) is 0. The molecular weight excluding hydrogens is 266 g/mol. The summed E-state index contributed by atoms with van der Waals surface area (Å²) >= 11 is 0. The Labute approximate surface area is 120 Å². The average molecular weight is 281 g/mol. The summed E-state index contributed by atoms with van der Waals surface area (Å²) in [4.78, 5) is 29.5. The average Bonchev–Trinajstić information content (AvgIpc) is 3.18. The van der Waals surface area contributed by atoms with Gasteiger partial charge in [0.25, 0.3) is 11.5 Å². The molecule has 1 aromatic carbocycles. The number of amides is 1. The molecule has 1 N–H and O–H groups in total. The van der Waals surface area contributed by atoms with E-state index in [0.29, 0.717) is 16.6 Å². The molecule has 5 nitrogen and oxygen atoms in total. The molecule has 0 unspecified atom stereocenters. The van der Waals surface area contributed by atoms with Gasteiger partial charge in [-0.2, -0.15) is 0 Å². The normalized spacial score (nSPS) is 15.1. The third kappa shape index (κ3) is 1.77. The van der Waals surface area contributed by atoms with Crippen LogP contribution < -0.4 is 5.56 Å². The van der Waals surface area contributed by atoms with Crippen molar-refractivity contribution in [1.82, 2.24) is 14.3 Å². The Morgan fingerprint density at radius 3 is 2.62 bits per heavy atom. The van der Waals surface area contributed by atoms with Crippen molar-refractivity contribution in [1.29, 1.82) is 0 Å². The maximum atomic E-state index is 12.6. The Balaban J connectivity index is 1.99. The monoisotopic (exact) mass is 281 g/mol. The Bertz CT molecular complexity index is 901. The molecule has 5 heteroatoms. The minimum absolute atomic E-state index is 0.000237. The molecule has 1 fully saturated rings. The van der Waals surface area contributed by atoms with E-state index in [9.17, 15) is 9.59 Å². The maximum Gasteiger partial charge on any atom is 0.272 e. The first-order valence-electron chi connectivity index (χ1n) is 7.17. The molecule has 21 heavy (non-hydrogen) atoms. The molecule has 0 aliphatic carbocycles. The van der Waals surface area contributed by atoms with Crippen LogP contribution in [0.1, 0.15) is 23.2 Å². The number of aromatic amines is 1.